The normalized spacial score (nSPS) is 10.3. The van der Waals surface area contributed by atoms with Crippen LogP contribution in [0.3, 0.4) is 0 Å². The number of carbonyl (C=O) groups excluding carboxylic acids is 1. The molecule has 0 atom stereocenters. The van der Waals surface area contributed by atoms with E-state index in [2.05, 4.69) is 16.2 Å². The van der Waals surface area contributed by atoms with Gasteiger partial charge in [0.25, 0.3) is 5.91 Å². The minimum atomic E-state index is -1.13. The molecule has 0 bridgehead atoms. The van der Waals surface area contributed by atoms with Gasteiger partial charge in [-0.15, -0.1) is 6.42 Å². The van der Waals surface area contributed by atoms with Crippen molar-refractivity contribution in [3.8, 4) is 29.2 Å². The molecule has 0 radical (unpaired) electrons. The quantitative estimate of drug-likeness (QED) is 0.661. The number of nitrogens with zero attached hydrogens (tertiary/aromatic N) is 1. The molecule has 0 aliphatic heterocycles. The molecule has 0 unspecified atom stereocenters. The van der Waals surface area contributed by atoms with E-state index in [4.69, 9.17) is 11.2 Å². The minimum Gasteiger partial charge on any atom is -0.484 e. The van der Waals surface area contributed by atoms with Crippen LogP contribution in [0.25, 0.3) is 11.1 Å². The van der Waals surface area contributed by atoms with E-state index in [1.807, 2.05) is 25.1 Å². The Bertz CT molecular complexity index is 1120. The molecule has 0 saturated carbocycles. The first-order valence-corrected chi connectivity index (χ1v) is 8.80. The van der Waals surface area contributed by atoms with E-state index in [1.165, 1.54) is 12.1 Å². The van der Waals surface area contributed by atoms with Crippen LogP contribution >= 0.6 is 0 Å². The molecule has 0 fully saturated rings. The molecule has 1 N–H and O–H groups in total. The summed E-state index contributed by atoms with van der Waals surface area (Å²) in [5, 5.41) is 2.60. The van der Waals surface area contributed by atoms with Crippen LogP contribution in [0, 0.1) is 30.9 Å². The molecule has 4 nitrogen and oxygen atoms in total. The molecule has 0 aliphatic rings. The molecule has 3 aromatic rings. The van der Waals surface area contributed by atoms with Gasteiger partial charge in [0, 0.05) is 18.8 Å². The van der Waals surface area contributed by atoms with Crippen LogP contribution in [0.1, 0.15) is 27.2 Å². The number of amides is 1. The number of halogens is 2. The van der Waals surface area contributed by atoms with Crippen LogP contribution in [0.2, 0.25) is 0 Å². The molecule has 3 rings (SSSR count). The maximum Gasteiger partial charge on any atom is 0.251 e. The molecule has 1 heterocycles. The summed E-state index contributed by atoms with van der Waals surface area (Å²) < 4.78 is 33.2. The Morgan fingerprint density at radius 1 is 1.14 bits per heavy atom. The highest BCUT2D eigenvalue weighted by atomic mass is 19.2. The number of aromatic nitrogens is 1. The van der Waals surface area contributed by atoms with E-state index in [9.17, 15) is 13.6 Å². The Kier molecular flexibility index (Phi) is 5.89. The molecule has 2 aromatic carbocycles. The van der Waals surface area contributed by atoms with Gasteiger partial charge in [0.05, 0.1) is 11.3 Å². The lowest BCUT2D eigenvalue weighted by Crippen LogP contribution is -2.18. The average Bonchev–Trinajstić information content (AvgIpc) is 2.74. The second-order valence-electron chi connectivity index (χ2n) is 6.32. The van der Waals surface area contributed by atoms with Crippen molar-refractivity contribution in [1.29, 1.82) is 0 Å². The van der Waals surface area contributed by atoms with Crippen LogP contribution in [-0.2, 0) is 6.61 Å². The second kappa shape index (κ2) is 8.53. The fraction of sp³-hybridized carbons (Fsp3) is 0.130. The Morgan fingerprint density at radius 2 is 1.90 bits per heavy atom. The topological polar surface area (TPSA) is 51.2 Å². The van der Waals surface area contributed by atoms with Crippen molar-refractivity contribution in [2.24, 2.45) is 0 Å². The van der Waals surface area contributed by atoms with Gasteiger partial charge in [-0.3, -0.25) is 9.78 Å². The van der Waals surface area contributed by atoms with Gasteiger partial charge in [0.2, 0.25) is 5.82 Å². The van der Waals surface area contributed by atoms with Crippen LogP contribution in [0.15, 0.2) is 48.7 Å². The first-order chi connectivity index (χ1) is 13.9. The molecule has 29 heavy (non-hydrogen) atoms. The Balaban J connectivity index is 1.80. The summed E-state index contributed by atoms with van der Waals surface area (Å²) in [6.45, 7) is 1.81. The fourth-order valence-corrected chi connectivity index (χ4v) is 2.88. The van der Waals surface area contributed by atoms with Gasteiger partial charge in [-0.1, -0.05) is 18.1 Å². The number of pyridine rings is 1. The summed E-state index contributed by atoms with van der Waals surface area (Å²) in [4.78, 5) is 16.1. The number of aryl methyl sites for hydroxylation is 1. The number of terminal acetylenes is 1. The molecular formula is C23H18F2N2O2. The Hall–Kier alpha value is -3.72. The predicted molar refractivity (Wildman–Crippen MR) is 106 cm³/mol. The Labute approximate surface area is 167 Å². The predicted octanol–water partition coefficient (Wildman–Crippen LogP) is 4.26. The highest BCUT2D eigenvalue weighted by Crippen LogP contribution is 2.25. The van der Waals surface area contributed by atoms with Crippen molar-refractivity contribution in [3.05, 3.63) is 82.7 Å². The Morgan fingerprint density at radius 3 is 2.59 bits per heavy atom. The maximum atomic E-state index is 14.0. The van der Waals surface area contributed by atoms with Gasteiger partial charge in [0.15, 0.2) is 11.6 Å². The van der Waals surface area contributed by atoms with Crippen molar-refractivity contribution in [2.75, 3.05) is 7.05 Å². The second-order valence-corrected chi connectivity index (χ2v) is 6.32. The van der Waals surface area contributed by atoms with Gasteiger partial charge < -0.3 is 10.1 Å². The van der Waals surface area contributed by atoms with Crippen LogP contribution in [-0.4, -0.2) is 17.9 Å². The number of hydrogen-bond donors (Lipinski definition) is 1. The third-order valence-corrected chi connectivity index (χ3v) is 4.43. The van der Waals surface area contributed by atoms with Gasteiger partial charge in [-0.25, -0.2) is 4.39 Å². The van der Waals surface area contributed by atoms with Gasteiger partial charge in [0.1, 0.15) is 6.61 Å². The van der Waals surface area contributed by atoms with Crippen molar-refractivity contribution < 1.29 is 18.3 Å². The first kappa shape index (κ1) is 20.0. The monoisotopic (exact) mass is 392 g/mol. The zero-order valence-electron chi connectivity index (χ0n) is 15.9. The van der Waals surface area contributed by atoms with Crippen LogP contribution in [0.5, 0.6) is 5.75 Å². The zero-order valence-corrected chi connectivity index (χ0v) is 15.9. The van der Waals surface area contributed by atoms with Gasteiger partial charge >= 0.3 is 0 Å². The van der Waals surface area contributed by atoms with Gasteiger partial charge in [-0.05, 0) is 53.9 Å². The number of benzene rings is 2. The largest absolute Gasteiger partial charge is 0.484 e. The van der Waals surface area contributed by atoms with Crippen LogP contribution in [0.4, 0.5) is 8.78 Å². The molecule has 0 saturated heterocycles. The third kappa shape index (κ3) is 4.25. The molecule has 146 valence electrons. The SMILES string of the molecule is C#Cc1ccc(OCc2cc(-c3ccc(C(=O)NC)c(C)c3)ccn2)c(F)c1F. The minimum absolute atomic E-state index is 0.0467. The van der Waals surface area contributed by atoms with Gasteiger partial charge in [-0.2, -0.15) is 4.39 Å². The standard InChI is InChI=1S/C23H18F2N2O2/c1-4-15-6-8-20(22(25)21(15)24)29-13-18-12-17(9-10-27-18)16-5-7-19(14(2)11-16)23(28)26-3/h1,5-12H,13H2,2-3H3,(H,26,28). The molecule has 6 heteroatoms. The average molecular weight is 392 g/mol. The van der Waals surface area contributed by atoms with E-state index < -0.39 is 11.6 Å². The summed E-state index contributed by atoms with van der Waals surface area (Å²) >= 11 is 0. The number of hydrogen-bond acceptors (Lipinski definition) is 3. The number of rotatable bonds is 5. The molecule has 1 aromatic heterocycles. The fourth-order valence-electron chi connectivity index (χ4n) is 2.88. The van der Waals surface area contributed by atoms with Crippen LogP contribution < -0.4 is 10.1 Å². The summed E-state index contributed by atoms with van der Waals surface area (Å²) in [6.07, 6.45) is 6.73. The molecular weight excluding hydrogens is 374 g/mol. The summed E-state index contributed by atoms with van der Waals surface area (Å²) in [6, 6.07) is 11.7. The van der Waals surface area contributed by atoms with Crippen molar-refractivity contribution in [1.82, 2.24) is 10.3 Å². The number of nitrogens with one attached hydrogen (secondary N) is 1. The van der Waals surface area contributed by atoms with E-state index in [1.54, 1.807) is 25.4 Å². The van der Waals surface area contributed by atoms with Crippen molar-refractivity contribution in [3.63, 3.8) is 0 Å². The van der Waals surface area contributed by atoms with E-state index >= 15 is 0 Å². The molecule has 1 amide bonds. The zero-order chi connectivity index (χ0) is 21.0. The number of ether oxygens (including phenoxy) is 1. The summed E-state index contributed by atoms with van der Waals surface area (Å²) in [5.41, 5.74) is 3.57. The van der Waals surface area contributed by atoms with E-state index in [-0.39, 0.29) is 23.8 Å². The van der Waals surface area contributed by atoms with Crippen molar-refractivity contribution in [2.45, 2.75) is 13.5 Å². The smallest absolute Gasteiger partial charge is 0.251 e. The summed E-state index contributed by atoms with van der Waals surface area (Å²) in [7, 11) is 1.58. The molecule has 0 aliphatic carbocycles. The lowest BCUT2D eigenvalue weighted by molar-refractivity contribution is 0.0962. The highest BCUT2D eigenvalue weighted by molar-refractivity contribution is 5.96. The van der Waals surface area contributed by atoms with E-state index in [0.717, 1.165) is 16.7 Å². The summed E-state index contributed by atoms with van der Waals surface area (Å²) in [5.74, 6) is -0.553. The third-order valence-electron chi connectivity index (χ3n) is 4.43. The van der Waals surface area contributed by atoms with Crippen molar-refractivity contribution >= 4 is 5.91 Å². The van der Waals surface area contributed by atoms with E-state index in [0.29, 0.717) is 11.3 Å². The maximum absolute atomic E-state index is 14.0. The lowest BCUT2D eigenvalue weighted by Gasteiger charge is -2.10. The number of carbonyl (C=O) groups is 1. The molecule has 0 spiro atoms. The lowest BCUT2D eigenvalue weighted by atomic mass is 9.99. The highest BCUT2D eigenvalue weighted by Gasteiger charge is 2.14. The first-order valence-electron chi connectivity index (χ1n) is 8.80.